The molecule has 0 saturated carbocycles. The van der Waals surface area contributed by atoms with Crippen LogP contribution in [-0.2, 0) is 14.2 Å². The van der Waals surface area contributed by atoms with Crippen molar-refractivity contribution in [2.45, 2.75) is 32.0 Å². The van der Waals surface area contributed by atoms with Gasteiger partial charge in [-0.2, -0.15) is 0 Å². The van der Waals surface area contributed by atoms with Crippen molar-refractivity contribution in [1.82, 2.24) is 4.90 Å². The molecule has 3 unspecified atom stereocenters. The highest BCUT2D eigenvalue weighted by Gasteiger charge is 2.17. The molecule has 1 saturated heterocycles. The first-order valence-corrected chi connectivity index (χ1v) is 7.16. The molecule has 3 atom stereocenters. The number of likely N-dealkylation sites (N-methyl/N-ethyl adjacent to an activating group) is 1. The molecule has 1 heterocycles. The average molecular weight is 275 g/mol. The third-order valence-corrected chi connectivity index (χ3v) is 3.32. The van der Waals surface area contributed by atoms with Gasteiger partial charge in [-0.1, -0.05) is 0 Å². The Balaban J connectivity index is 2.10. The summed E-state index contributed by atoms with van der Waals surface area (Å²) < 4.78 is 16.0. The lowest BCUT2D eigenvalue weighted by atomic mass is 10.0. The van der Waals surface area contributed by atoms with E-state index in [0.29, 0.717) is 25.7 Å². The van der Waals surface area contributed by atoms with Crippen LogP contribution in [0.2, 0.25) is 0 Å². The van der Waals surface area contributed by atoms with Gasteiger partial charge < -0.3 is 24.2 Å². The zero-order valence-electron chi connectivity index (χ0n) is 12.5. The predicted octanol–water partition coefficient (Wildman–Crippen LogP) is 0.757. The number of methoxy groups -OCH3 is 1. The summed E-state index contributed by atoms with van der Waals surface area (Å²) >= 11 is 0. The molecule has 0 aliphatic carbocycles. The number of rotatable bonds is 9. The maximum absolute atomic E-state index is 9.93. The van der Waals surface area contributed by atoms with E-state index in [1.165, 1.54) is 6.42 Å². The number of ether oxygens (including phenoxy) is 3. The molecular weight excluding hydrogens is 246 g/mol. The molecule has 5 nitrogen and oxygen atoms in total. The lowest BCUT2D eigenvalue weighted by Crippen LogP contribution is -2.38. The molecule has 114 valence electrons. The first-order chi connectivity index (χ1) is 9.11. The Hall–Kier alpha value is -0.200. The number of aliphatic hydroxyl groups is 1. The first-order valence-electron chi connectivity index (χ1n) is 7.16. The summed E-state index contributed by atoms with van der Waals surface area (Å²) in [4.78, 5) is 2.16. The lowest BCUT2D eigenvalue weighted by molar-refractivity contribution is -0.0406. The number of aliphatic hydroxyl groups excluding tert-OH is 1. The maximum atomic E-state index is 9.93. The zero-order valence-corrected chi connectivity index (χ0v) is 12.5. The van der Waals surface area contributed by atoms with Crippen molar-refractivity contribution in [2.24, 2.45) is 5.92 Å². The zero-order chi connectivity index (χ0) is 14.1. The van der Waals surface area contributed by atoms with Crippen LogP contribution in [0.5, 0.6) is 0 Å². The number of hydrogen-bond acceptors (Lipinski definition) is 5. The molecule has 1 aliphatic heterocycles. The third kappa shape index (κ3) is 7.84. The van der Waals surface area contributed by atoms with E-state index in [4.69, 9.17) is 14.2 Å². The van der Waals surface area contributed by atoms with Crippen LogP contribution >= 0.6 is 0 Å². The van der Waals surface area contributed by atoms with Gasteiger partial charge in [-0.15, -0.1) is 0 Å². The van der Waals surface area contributed by atoms with E-state index in [9.17, 15) is 5.11 Å². The topological polar surface area (TPSA) is 51.2 Å². The highest BCUT2D eigenvalue weighted by atomic mass is 16.5. The molecule has 0 aromatic carbocycles. The van der Waals surface area contributed by atoms with Gasteiger partial charge in [0.15, 0.2) is 0 Å². The van der Waals surface area contributed by atoms with E-state index in [1.54, 1.807) is 7.11 Å². The van der Waals surface area contributed by atoms with Crippen LogP contribution in [0.15, 0.2) is 0 Å². The van der Waals surface area contributed by atoms with Crippen molar-refractivity contribution >= 4 is 0 Å². The third-order valence-electron chi connectivity index (χ3n) is 3.32. The van der Waals surface area contributed by atoms with E-state index in [-0.39, 0.29) is 6.10 Å². The summed E-state index contributed by atoms with van der Waals surface area (Å²) in [6.07, 6.45) is 1.95. The summed E-state index contributed by atoms with van der Waals surface area (Å²) in [5, 5.41) is 9.93. The largest absolute Gasteiger partial charge is 0.389 e. The summed E-state index contributed by atoms with van der Waals surface area (Å²) in [7, 11) is 3.69. The molecule has 0 radical (unpaired) electrons. The van der Waals surface area contributed by atoms with Crippen LogP contribution < -0.4 is 0 Å². The van der Waals surface area contributed by atoms with Crippen LogP contribution in [0.1, 0.15) is 19.8 Å². The molecule has 1 rings (SSSR count). The highest BCUT2D eigenvalue weighted by molar-refractivity contribution is 4.69. The van der Waals surface area contributed by atoms with Crippen molar-refractivity contribution in [3.8, 4) is 0 Å². The van der Waals surface area contributed by atoms with E-state index >= 15 is 0 Å². The van der Waals surface area contributed by atoms with Crippen LogP contribution in [0.4, 0.5) is 0 Å². The van der Waals surface area contributed by atoms with E-state index in [1.807, 2.05) is 14.0 Å². The summed E-state index contributed by atoms with van der Waals surface area (Å²) in [5.74, 6) is 0.597. The van der Waals surface area contributed by atoms with Gasteiger partial charge in [0, 0.05) is 26.8 Å². The fraction of sp³-hybridized carbons (Fsp3) is 1.00. The molecular formula is C14H29NO4. The second kappa shape index (κ2) is 9.66. The van der Waals surface area contributed by atoms with Crippen molar-refractivity contribution < 1.29 is 19.3 Å². The standard InChI is InChI=1S/C14H29NO4/c1-12(9-17-3)19-11-14(16)8-15(2)7-13-5-4-6-18-10-13/h12-14,16H,4-11H2,1-3H3. The molecule has 1 fully saturated rings. The van der Waals surface area contributed by atoms with Gasteiger partial charge in [-0.3, -0.25) is 0 Å². The van der Waals surface area contributed by atoms with E-state index < -0.39 is 6.10 Å². The normalized spacial score (nSPS) is 23.5. The minimum atomic E-state index is -0.450. The van der Waals surface area contributed by atoms with Crippen molar-refractivity contribution in [3.05, 3.63) is 0 Å². The summed E-state index contributed by atoms with van der Waals surface area (Å²) in [6.45, 7) is 6.22. The van der Waals surface area contributed by atoms with E-state index in [2.05, 4.69) is 4.90 Å². The fourth-order valence-corrected chi connectivity index (χ4v) is 2.44. The minimum absolute atomic E-state index is 0.0247. The monoisotopic (exact) mass is 275 g/mol. The molecule has 0 bridgehead atoms. The minimum Gasteiger partial charge on any atom is -0.389 e. The van der Waals surface area contributed by atoms with Gasteiger partial charge in [0.05, 0.1) is 32.0 Å². The van der Waals surface area contributed by atoms with Gasteiger partial charge in [0.1, 0.15) is 0 Å². The highest BCUT2D eigenvalue weighted by Crippen LogP contribution is 2.14. The maximum Gasteiger partial charge on any atom is 0.0900 e. The second-order valence-electron chi connectivity index (χ2n) is 5.56. The SMILES string of the molecule is COCC(C)OCC(O)CN(C)CC1CCCOC1. The molecule has 0 spiro atoms. The Labute approximate surface area is 116 Å². The smallest absolute Gasteiger partial charge is 0.0900 e. The number of hydrogen-bond donors (Lipinski definition) is 1. The van der Waals surface area contributed by atoms with Crippen LogP contribution in [0.3, 0.4) is 0 Å². The van der Waals surface area contributed by atoms with Gasteiger partial charge in [-0.25, -0.2) is 0 Å². The fourth-order valence-electron chi connectivity index (χ4n) is 2.44. The van der Waals surface area contributed by atoms with Gasteiger partial charge >= 0.3 is 0 Å². The Morgan fingerprint density at radius 3 is 2.84 bits per heavy atom. The van der Waals surface area contributed by atoms with Crippen LogP contribution in [-0.4, -0.2) is 75.9 Å². The Bertz CT molecular complexity index is 221. The van der Waals surface area contributed by atoms with E-state index in [0.717, 1.165) is 26.2 Å². The van der Waals surface area contributed by atoms with Crippen LogP contribution in [0.25, 0.3) is 0 Å². The predicted molar refractivity (Wildman–Crippen MR) is 74.3 cm³/mol. The van der Waals surface area contributed by atoms with Crippen molar-refractivity contribution in [3.63, 3.8) is 0 Å². The molecule has 1 aliphatic rings. The van der Waals surface area contributed by atoms with Gasteiger partial charge in [0.2, 0.25) is 0 Å². The molecule has 1 N–H and O–H groups in total. The van der Waals surface area contributed by atoms with Crippen LogP contribution in [0, 0.1) is 5.92 Å². The Morgan fingerprint density at radius 2 is 2.21 bits per heavy atom. The summed E-state index contributed by atoms with van der Waals surface area (Å²) in [6, 6.07) is 0. The Kier molecular flexibility index (Phi) is 8.57. The second-order valence-corrected chi connectivity index (χ2v) is 5.56. The number of nitrogens with zero attached hydrogens (tertiary/aromatic N) is 1. The average Bonchev–Trinajstić information content (AvgIpc) is 2.38. The van der Waals surface area contributed by atoms with Crippen molar-refractivity contribution in [2.75, 3.05) is 53.7 Å². The molecule has 5 heteroatoms. The lowest BCUT2D eigenvalue weighted by Gasteiger charge is -2.28. The Morgan fingerprint density at radius 1 is 1.42 bits per heavy atom. The first kappa shape index (κ1) is 16.9. The van der Waals surface area contributed by atoms with Gasteiger partial charge in [-0.05, 0) is 32.7 Å². The quantitative estimate of drug-likeness (QED) is 0.673. The van der Waals surface area contributed by atoms with Gasteiger partial charge in [0.25, 0.3) is 0 Å². The van der Waals surface area contributed by atoms with Crippen molar-refractivity contribution in [1.29, 1.82) is 0 Å². The molecule has 0 aromatic heterocycles. The summed E-state index contributed by atoms with van der Waals surface area (Å²) in [5.41, 5.74) is 0. The molecule has 0 aromatic rings. The molecule has 0 amide bonds. The molecule has 19 heavy (non-hydrogen) atoms.